The van der Waals surface area contributed by atoms with E-state index in [2.05, 4.69) is 41.4 Å². The summed E-state index contributed by atoms with van der Waals surface area (Å²) < 4.78 is 18.0. The molecule has 27 heavy (non-hydrogen) atoms. The Balaban J connectivity index is 1.52. The van der Waals surface area contributed by atoms with Gasteiger partial charge in [-0.15, -0.1) is 0 Å². The number of aromatic nitrogens is 1. The lowest BCUT2D eigenvalue weighted by molar-refractivity contribution is -0.0389. The molecule has 1 fully saturated rings. The second kappa shape index (κ2) is 5.96. The first-order valence-electron chi connectivity index (χ1n) is 9.80. The summed E-state index contributed by atoms with van der Waals surface area (Å²) in [5, 5.41) is 1.15. The minimum absolute atomic E-state index is 0.0831. The van der Waals surface area contributed by atoms with E-state index < -0.39 is 0 Å². The minimum Gasteiger partial charge on any atom is -0.454 e. The van der Waals surface area contributed by atoms with Gasteiger partial charge < -0.3 is 14.2 Å². The van der Waals surface area contributed by atoms with E-state index in [-0.39, 0.29) is 12.2 Å². The molecule has 6 rings (SSSR count). The Morgan fingerprint density at radius 1 is 0.889 bits per heavy atom. The van der Waals surface area contributed by atoms with Gasteiger partial charge in [0.25, 0.3) is 0 Å². The number of rotatable bonds is 1. The van der Waals surface area contributed by atoms with Crippen LogP contribution in [-0.2, 0) is 4.74 Å². The van der Waals surface area contributed by atoms with Crippen molar-refractivity contribution in [1.29, 1.82) is 0 Å². The highest BCUT2D eigenvalue weighted by Crippen LogP contribution is 2.50. The van der Waals surface area contributed by atoms with E-state index in [0.29, 0.717) is 12.7 Å². The van der Waals surface area contributed by atoms with Gasteiger partial charge in [0.1, 0.15) is 6.10 Å². The topological polar surface area (TPSA) is 40.6 Å². The van der Waals surface area contributed by atoms with Crippen LogP contribution in [0, 0.1) is 0 Å². The zero-order valence-corrected chi connectivity index (χ0v) is 15.1. The van der Waals surface area contributed by atoms with Crippen LogP contribution in [0.3, 0.4) is 0 Å². The highest BCUT2D eigenvalue weighted by Gasteiger charge is 2.39. The Labute approximate surface area is 158 Å². The molecule has 0 radical (unpaired) electrons. The third kappa shape index (κ3) is 2.43. The Bertz CT molecular complexity index is 1030. The van der Waals surface area contributed by atoms with Gasteiger partial charge in [0.05, 0.1) is 11.6 Å². The number of hydrogen-bond donors (Lipinski definition) is 0. The quantitative estimate of drug-likeness (QED) is 0.605. The normalized spacial score (nSPS) is 25.9. The molecule has 3 aliphatic rings. The Morgan fingerprint density at radius 2 is 1.74 bits per heavy atom. The van der Waals surface area contributed by atoms with Crippen molar-refractivity contribution in [3.63, 3.8) is 0 Å². The van der Waals surface area contributed by atoms with Crippen LogP contribution in [0.25, 0.3) is 10.9 Å². The summed E-state index contributed by atoms with van der Waals surface area (Å²) in [6.45, 7) is 0.303. The molecule has 2 aliphatic heterocycles. The molecule has 3 heterocycles. The van der Waals surface area contributed by atoms with E-state index in [4.69, 9.17) is 14.2 Å². The zero-order chi connectivity index (χ0) is 17.8. The maximum Gasteiger partial charge on any atom is 0.231 e. The predicted octanol–water partition coefficient (Wildman–Crippen LogP) is 5.11. The molecule has 0 saturated heterocycles. The fraction of sp³-hybridized carbons (Fsp3) is 0.348. The van der Waals surface area contributed by atoms with Gasteiger partial charge in [-0.3, -0.25) is 4.98 Å². The van der Waals surface area contributed by atoms with Crippen molar-refractivity contribution in [3.8, 4) is 11.5 Å². The fourth-order valence-electron chi connectivity index (χ4n) is 4.89. The molecule has 0 bridgehead atoms. The highest BCUT2D eigenvalue weighted by molar-refractivity contribution is 5.79. The Kier molecular flexibility index (Phi) is 3.41. The lowest BCUT2D eigenvalue weighted by Gasteiger charge is -2.41. The van der Waals surface area contributed by atoms with E-state index in [0.717, 1.165) is 34.4 Å². The maximum atomic E-state index is 6.69. The summed E-state index contributed by atoms with van der Waals surface area (Å²) >= 11 is 0. The van der Waals surface area contributed by atoms with Gasteiger partial charge in [-0.25, -0.2) is 0 Å². The third-order valence-electron chi connectivity index (χ3n) is 6.21. The van der Waals surface area contributed by atoms with Crippen LogP contribution in [0.15, 0.2) is 48.7 Å². The molecule has 1 saturated carbocycles. The summed E-state index contributed by atoms with van der Waals surface area (Å²) in [7, 11) is 0. The average molecular weight is 359 g/mol. The largest absolute Gasteiger partial charge is 0.454 e. The van der Waals surface area contributed by atoms with E-state index in [1.807, 2.05) is 12.3 Å². The standard InChI is InChI=1S/C23H21NO3/c1-2-6-20-16(5-1)17-11-21-22(26-13-25-21)12-18(17)23(27-20)15-8-7-14-4-3-9-24-19(14)10-15/h3-4,7-12,16,20,23H,1-2,5-6,13H2. The average Bonchev–Trinajstić information content (AvgIpc) is 3.19. The van der Waals surface area contributed by atoms with Crippen LogP contribution in [0.1, 0.15) is 54.4 Å². The van der Waals surface area contributed by atoms with E-state index in [1.54, 1.807) is 0 Å². The van der Waals surface area contributed by atoms with Crippen molar-refractivity contribution >= 4 is 10.9 Å². The molecule has 136 valence electrons. The summed E-state index contributed by atoms with van der Waals surface area (Å²) in [4.78, 5) is 4.53. The van der Waals surface area contributed by atoms with E-state index in [1.165, 1.54) is 30.4 Å². The molecule has 2 aromatic carbocycles. The summed E-state index contributed by atoms with van der Waals surface area (Å²) in [5.74, 6) is 2.16. The van der Waals surface area contributed by atoms with Crippen molar-refractivity contribution in [3.05, 3.63) is 65.4 Å². The zero-order valence-electron chi connectivity index (χ0n) is 15.1. The molecule has 1 aromatic heterocycles. The molecule has 0 N–H and O–H groups in total. The van der Waals surface area contributed by atoms with Crippen LogP contribution >= 0.6 is 0 Å². The lowest BCUT2D eigenvalue weighted by atomic mass is 9.76. The smallest absolute Gasteiger partial charge is 0.231 e. The number of benzene rings is 2. The van der Waals surface area contributed by atoms with Crippen molar-refractivity contribution < 1.29 is 14.2 Å². The van der Waals surface area contributed by atoms with E-state index in [9.17, 15) is 0 Å². The molecule has 4 heteroatoms. The van der Waals surface area contributed by atoms with Crippen molar-refractivity contribution in [2.24, 2.45) is 0 Å². The second-order valence-corrected chi connectivity index (χ2v) is 7.74. The van der Waals surface area contributed by atoms with Crippen molar-refractivity contribution in [1.82, 2.24) is 4.98 Å². The number of nitrogens with zero attached hydrogens (tertiary/aromatic N) is 1. The number of fused-ring (bicyclic) bond motifs is 5. The first kappa shape index (κ1) is 15.5. The Morgan fingerprint density at radius 3 is 2.67 bits per heavy atom. The molecule has 0 amide bonds. The second-order valence-electron chi connectivity index (χ2n) is 7.74. The monoisotopic (exact) mass is 359 g/mol. The van der Waals surface area contributed by atoms with Gasteiger partial charge in [-0.05, 0) is 53.8 Å². The van der Waals surface area contributed by atoms with Gasteiger partial charge in [0.2, 0.25) is 6.79 Å². The van der Waals surface area contributed by atoms with Crippen molar-refractivity contribution in [2.45, 2.75) is 43.8 Å². The minimum atomic E-state index is -0.0831. The first-order valence-corrected chi connectivity index (χ1v) is 9.80. The molecular weight excluding hydrogens is 338 g/mol. The van der Waals surface area contributed by atoms with Gasteiger partial charge >= 0.3 is 0 Å². The lowest BCUT2D eigenvalue weighted by Crippen LogP contribution is -2.33. The number of pyridine rings is 1. The number of hydrogen-bond acceptors (Lipinski definition) is 4. The van der Waals surface area contributed by atoms with Crippen molar-refractivity contribution in [2.75, 3.05) is 6.79 Å². The van der Waals surface area contributed by atoms with Gasteiger partial charge in [0, 0.05) is 17.5 Å². The molecular formula is C23H21NO3. The van der Waals surface area contributed by atoms with Crippen LogP contribution in [0.2, 0.25) is 0 Å². The summed E-state index contributed by atoms with van der Waals surface area (Å²) in [6, 6.07) is 14.9. The molecule has 3 atom stereocenters. The first-order chi connectivity index (χ1) is 13.4. The fourth-order valence-corrected chi connectivity index (χ4v) is 4.89. The predicted molar refractivity (Wildman–Crippen MR) is 102 cm³/mol. The molecule has 0 spiro atoms. The molecule has 3 unspecified atom stereocenters. The van der Waals surface area contributed by atoms with Crippen LogP contribution in [0.5, 0.6) is 11.5 Å². The Hall–Kier alpha value is -2.59. The SMILES string of the molecule is c1cnc2cc(C3OC4CCCCC4c4cc5c(cc43)OCO5)ccc2c1. The summed E-state index contributed by atoms with van der Waals surface area (Å²) in [5.41, 5.74) is 4.76. The molecule has 4 nitrogen and oxygen atoms in total. The third-order valence-corrected chi connectivity index (χ3v) is 6.21. The van der Waals surface area contributed by atoms with Gasteiger partial charge in [-0.1, -0.05) is 31.0 Å². The van der Waals surface area contributed by atoms with Gasteiger partial charge in [0.15, 0.2) is 11.5 Å². The van der Waals surface area contributed by atoms with Crippen LogP contribution in [-0.4, -0.2) is 17.9 Å². The highest BCUT2D eigenvalue weighted by atomic mass is 16.7. The molecule has 1 aliphatic carbocycles. The van der Waals surface area contributed by atoms with E-state index >= 15 is 0 Å². The maximum absolute atomic E-state index is 6.69. The number of ether oxygens (including phenoxy) is 3. The summed E-state index contributed by atoms with van der Waals surface area (Å²) in [6.07, 6.45) is 6.85. The van der Waals surface area contributed by atoms with Crippen LogP contribution < -0.4 is 9.47 Å². The molecule has 3 aromatic rings. The van der Waals surface area contributed by atoms with Crippen LogP contribution in [0.4, 0.5) is 0 Å². The van der Waals surface area contributed by atoms with Gasteiger partial charge in [-0.2, -0.15) is 0 Å².